The molecule has 132 valence electrons. The molecule has 0 saturated carbocycles. The number of ether oxygens (including phenoxy) is 1. The van der Waals surface area contributed by atoms with Gasteiger partial charge in [-0.25, -0.2) is 28.1 Å². The number of aryl methyl sites for hydroxylation is 1. The summed E-state index contributed by atoms with van der Waals surface area (Å²) < 4.78 is 52.4. The molecule has 0 saturated heterocycles. The number of hydrogen-bond acceptors (Lipinski definition) is 5. The molecular formula is C16H18F2N6O. The van der Waals surface area contributed by atoms with Crippen molar-refractivity contribution in [3.63, 3.8) is 0 Å². The molecule has 25 heavy (non-hydrogen) atoms. The Morgan fingerprint density at radius 1 is 1.24 bits per heavy atom. The van der Waals surface area contributed by atoms with Gasteiger partial charge in [-0.05, 0) is 19.9 Å². The Bertz CT molecular complexity index is 976. The molecule has 7 nitrogen and oxygen atoms in total. The Morgan fingerprint density at radius 2 is 2.00 bits per heavy atom. The van der Waals surface area contributed by atoms with Gasteiger partial charge in [-0.1, -0.05) is 6.07 Å². The molecule has 0 aliphatic heterocycles. The Kier molecular flexibility index (Phi) is 3.91. The highest BCUT2D eigenvalue weighted by atomic mass is 19.1. The lowest BCUT2D eigenvalue weighted by atomic mass is 9.91. The third-order valence-corrected chi connectivity index (χ3v) is 4.06. The summed E-state index contributed by atoms with van der Waals surface area (Å²) in [4.78, 5) is 7.68. The van der Waals surface area contributed by atoms with Crippen LogP contribution in [0.15, 0.2) is 31.1 Å². The van der Waals surface area contributed by atoms with Gasteiger partial charge in [0.05, 0.1) is 13.1 Å². The van der Waals surface area contributed by atoms with E-state index in [2.05, 4.69) is 20.2 Å². The molecule has 3 rings (SSSR count). The molecule has 0 fully saturated rings. The van der Waals surface area contributed by atoms with E-state index < -0.39 is 17.2 Å². The van der Waals surface area contributed by atoms with Crippen molar-refractivity contribution < 1.29 is 16.3 Å². The molecule has 0 aliphatic carbocycles. The highest BCUT2D eigenvalue weighted by molar-refractivity contribution is 5.31. The Morgan fingerprint density at radius 3 is 2.60 bits per heavy atom. The largest absolute Gasteiger partial charge is 0.370 e. The van der Waals surface area contributed by atoms with E-state index in [9.17, 15) is 8.78 Å². The van der Waals surface area contributed by atoms with Crippen LogP contribution >= 0.6 is 0 Å². The topological polar surface area (TPSA) is 70.7 Å². The van der Waals surface area contributed by atoms with Gasteiger partial charge < -0.3 is 4.74 Å². The van der Waals surface area contributed by atoms with Crippen molar-refractivity contribution in [1.29, 1.82) is 0 Å². The van der Waals surface area contributed by atoms with Crippen LogP contribution in [-0.4, -0.2) is 36.6 Å². The zero-order valence-corrected chi connectivity index (χ0v) is 14.0. The second kappa shape index (κ2) is 6.67. The molecule has 0 aliphatic rings. The van der Waals surface area contributed by atoms with E-state index >= 15 is 0 Å². The molecule has 1 atom stereocenters. The second-order valence-electron chi connectivity index (χ2n) is 5.69. The standard InChI is InChI=1S/C16H18F2N6O/c1-11-14(17)5-4-13(15(11)18)16(25-3,6-23-9-19-8-21-23)7-24-10-20-12(2)22-24/h4-5,8-10H,6-7H2,1-3H3/i8D,9D. The van der Waals surface area contributed by atoms with E-state index in [0.717, 1.165) is 10.7 Å². The normalized spacial score (nSPS) is 14.9. The molecule has 1 unspecified atom stereocenters. The van der Waals surface area contributed by atoms with Crippen LogP contribution < -0.4 is 0 Å². The zero-order valence-electron chi connectivity index (χ0n) is 16.0. The summed E-state index contributed by atoms with van der Waals surface area (Å²) in [5.41, 5.74) is -1.45. The van der Waals surface area contributed by atoms with Crippen molar-refractivity contribution in [3.05, 3.63) is 59.7 Å². The predicted octanol–water partition coefficient (Wildman–Crippen LogP) is 2.01. The molecular weight excluding hydrogens is 330 g/mol. The van der Waals surface area contributed by atoms with Crippen LogP contribution in [0.25, 0.3) is 0 Å². The number of nitrogens with zero attached hydrogens (tertiary/aromatic N) is 6. The summed E-state index contributed by atoms with van der Waals surface area (Å²) in [5, 5.41) is 8.06. The van der Waals surface area contributed by atoms with Gasteiger partial charge in [-0.15, -0.1) is 0 Å². The van der Waals surface area contributed by atoms with Crippen LogP contribution in [0.4, 0.5) is 8.78 Å². The minimum Gasteiger partial charge on any atom is -0.370 e. The Labute approximate surface area is 146 Å². The van der Waals surface area contributed by atoms with Crippen LogP contribution in [0.5, 0.6) is 0 Å². The highest BCUT2D eigenvalue weighted by Gasteiger charge is 2.38. The molecule has 0 bridgehead atoms. The molecule has 2 aromatic heterocycles. The fraction of sp³-hybridized carbons (Fsp3) is 0.375. The van der Waals surface area contributed by atoms with E-state index in [4.69, 9.17) is 7.48 Å². The van der Waals surface area contributed by atoms with E-state index in [1.54, 1.807) is 6.92 Å². The molecule has 2 heterocycles. The molecule has 0 radical (unpaired) electrons. The first-order valence-corrected chi connectivity index (χ1v) is 7.50. The van der Waals surface area contributed by atoms with E-state index in [1.165, 1.54) is 31.1 Å². The summed E-state index contributed by atoms with van der Waals surface area (Å²) in [5.74, 6) is -0.911. The predicted molar refractivity (Wildman–Crippen MR) is 84.6 cm³/mol. The van der Waals surface area contributed by atoms with Crippen molar-refractivity contribution in [1.82, 2.24) is 29.5 Å². The average Bonchev–Trinajstić information content (AvgIpc) is 3.16. The molecule has 3 aromatic rings. The lowest BCUT2D eigenvalue weighted by molar-refractivity contribution is -0.0512. The fourth-order valence-electron chi connectivity index (χ4n) is 2.69. The van der Waals surface area contributed by atoms with Gasteiger partial charge in [0.15, 0.2) is 0 Å². The smallest absolute Gasteiger partial charge is 0.147 e. The van der Waals surface area contributed by atoms with Gasteiger partial charge in [0.25, 0.3) is 0 Å². The Hall–Kier alpha value is -2.68. The third-order valence-electron chi connectivity index (χ3n) is 4.06. The first kappa shape index (κ1) is 14.6. The molecule has 9 heteroatoms. The van der Waals surface area contributed by atoms with Gasteiger partial charge in [0, 0.05) is 18.2 Å². The zero-order chi connectivity index (χ0) is 19.8. The summed E-state index contributed by atoms with van der Waals surface area (Å²) in [6.07, 6.45) is 0.865. The lowest BCUT2D eigenvalue weighted by Gasteiger charge is -2.33. The molecule has 0 spiro atoms. The maximum atomic E-state index is 15.0. The Balaban J connectivity index is 2.14. The summed E-state index contributed by atoms with van der Waals surface area (Å²) in [7, 11) is 1.38. The maximum Gasteiger partial charge on any atom is 0.147 e. The summed E-state index contributed by atoms with van der Waals surface area (Å²) in [6, 6.07) is 2.46. The minimum atomic E-state index is -1.39. The molecule has 1 aromatic carbocycles. The minimum absolute atomic E-state index is 0.0268. The van der Waals surface area contributed by atoms with E-state index in [0.29, 0.717) is 5.82 Å². The number of aromatic nitrogens is 6. The first-order valence-electron chi connectivity index (χ1n) is 8.50. The summed E-state index contributed by atoms with van der Waals surface area (Å²) in [6.45, 7) is 2.94. The van der Waals surface area contributed by atoms with E-state index in [1.807, 2.05) is 0 Å². The van der Waals surface area contributed by atoms with Gasteiger partial charge >= 0.3 is 0 Å². The van der Waals surface area contributed by atoms with Gasteiger partial charge in [0.1, 0.15) is 44.7 Å². The number of halogens is 2. The summed E-state index contributed by atoms with van der Waals surface area (Å²) >= 11 is 0. The number of benzene rings is 1. The van der Waals surface area contributed by atoms with Crippen LogP contribution in [0, 0.1) is 25.5 Å². The van der Waals surface area contributed by atoms with Crippen LogP contribution in [0.1, 0.15) is 19.7 Å². The first-order chi connectivity index (χ1) is 12.8. The van der Waals surface area contributed by atoms with Crippen molar-refractivity contribution >= 4 is 0 Å². The van der Waals surface area contributed by atoms with E-state index in [-0.39, 0.29) is 36.8 Å². The quantitative estimate of drug-likeness (QED) is 0.680. The van der Waals surface area contributed by atoms with Crippen molar-refractivity contribution in [2.75, 3.05) is 7.11 Å². The number of rotatable bonds is 6. The van der Waals surface area contributed by atoms with Crippen LogP contribution in [0.3, 0.4) is 0 Å². The number of methoxy groups -OCH3 is 1. The molecule has 0 N–H and O–H groups in total. The lowest BCUT2D eigenvalue weighted by Crippen LogP contribution is -2.40. The van der Waals surface area contributed by atoms with Gasteiger partial charge in [-0.3, -0.25) is 0 Å². The van der Waals surface area contributed by atoms with Crippen molar-refractivity contribution in [2.24, 2.45) is 0 Å². The van der Waals surface area contributed by atoms with Gasteiger partial charge in [0.2, 0.25) is 0 Å². The SMILES string of the molecule is [2H]c1nc([2H])n(CC(Cn2cnc(C)n2)(OC)c2ccc(F)c(C)c2F)n1. The number of hydrogen-bond donors (Lipinski definition) is 0. The monoisotopic (exact) mass is 350 g/mol. The second-order valence-corrected chi connectivity index (χ2v) is 5.69. The third kappa shape index (κ3) is 3.27. The maximum absolute atomic E-state index is 15.0. The average molecular weight is 350 g/mol. The van der Waals surface area contributed by atoms with Gasteiger partial charge in [-0.2, -0.15) is 10.2 Å². The highest BCUT2D eigenvalue weighted by Crippen LogP contribution is 2.33. The van der Waals surface area contributed by atoms with Crippen LogP contribution in [-0.2, 0) is 23.4 Å². The molecule has 0 amide bonds. The van der Waals surface area contributed by atoms with Crippen LogP contribution in [0.2, 0.25) is 0 Å². The fourth-order valence-corrected chi connectivity index (χ4v) is 2.69. The van der Waals surface area contributed by atoms with Crippen molar-refractivity contribution in [2.45, 2.75) is 32.5 Å². The van der Waals surface area contributed by atoms with Crippen molar-refractivity contribution in [3.8, 4) is 0 Å².